The van der Waals surface area contributed by atoms with E-state index in [1.807, 2.05) is 57.2 Å². The summed E-state index contributed by atoms with van der Waals surface area (Å²) in [6.45, 7) is 5.79. The van der Waals surface area contributed by atoms with Gasteiger partial charge in [0.05, 0.1) is 18.0 Å². The molecular weight excluding hydrogens is 396 g/mol. The molecule has 0 aliphatic carbocycles. The molecule has 0 saturated carbocycles. The summed E-state index contributed by atoms with van der Waals surface area (Å²) in [5.41, 5.74) is 5.93. The van der Waals surface area contributed by atoms with Crippen LogP contribution in [-0.4, -0.2) is 34.1 Å². The highest BCUT2D eigenvalue weighted by Gasteiger charge is 2.12. The molecule has 2 aromatic carbocycles. The summed E-state index contributed by atoms with van der Waals surface area (Å²) in [6.07, 6.45) is 0.744. The van der Waals surface area contributed by atoms with Crippen molar-refractivity contribution in [1.82, 2.24) is 15.3 Å². The van der Waals surface area contributed by atoms with Crippen molar-refractivity contribution in [2.45, 2.75) is 32.3 Å². The van der Waals surface area contributed by atoms with Crippen molar-refractivity contribution in [1.29, 1.82) is 0 Å². The molecule has 2 amide bonds. The SMILES string of the molecule is Cc1cccc(C)c1NC(=O)CNC(=O)CSc1nc(Cc2ccccc2)c(C)[nH]1. The highest BCUT2D eigenvalue weighted by molar-refractivity contribution is 7.99. The standard InChI is InChI=1S/C23H26N4O2S/c1-15-8-7-9-16(2)22(15)27-20(28)13-24-21(29)14-30-23-25-17(3)19(26-23)12-18-10-5-4-6-11-18/h4-11H,12-14H2,1-3H3,(H,24,29)(H,25,26)(H,27,28). The minimum atomic E-state index is -0.246. The summed E-state index contributed by atoms with van der Waals surface area (Å²) < 4.78 is 0. The molecular formula is C23H26N4O2S. The maximum absolute atomic E-state index is 12.2. The van der Waals surface area contributed by atoms with E-state index in [1.165, 1.54) is 17.3 Å². The number of nitrogens with zero attached hydrogens (tertiary/aromatic N) is 1. The van der Waals surface area contributed by atoms with Crippen LogP contribution in [0, 0.1) is 20.8 Å². The first kappa shape index (κ1) is 21.6. The molecule has 3 rings (SSSR count). The van der Waals surface area contributed by atoms with Crippen molar-refractivity contribution in [3.8, 4) is 0 Å². The van der Waals surface area contributed by atoms with E-state index in [4.69, 9.17) is 0 Å². The second-order valence-electron chi connectivity index (χ2n) is 7.16. The van der Waals surface area contributed by atoms with Crippen LogP contribution in [0.4, 0.5) is 5.69 Å². The van der Waals surface area contributed by atoms with Gasteiger partial charge in [0.15, 0.2) is 5.16 Å². The number of rotatable bonds is 8. The predicted molar refractivity (Wildman–Crippen MR) is 121 cm³/mol. The molecule has 0 aliphatic heterocycles. The number of benzene rings is 2. The molecule has 7 heteroatoms. The lowest BCUT2D eigenvalue weighted by molar-refractivity contribution is -0.122. The first-order valence-electron chi connectivity index (χ1n) is 9.77. The summed E-state index contributed by atoms with van der Waals surface area (Å²) in [5, 5.41) is 6.22. The quantitative estimate of drug-likeness (QED) is 0.482. The second kappa shape index (κ2) is 10.1. The van der Waals surface area contributed by atoms with Crippen LogP contribution < -0.4 is 10.6 Å². The number of amides is 2. The Morgan fingerprint density at radius 2 is 1.67 bits per heavy atom. The van der Waals surface area contributed by atoms with Crippen molar-refractivity contribution in [2.75, 3.05) is 17.6 Å². The van der Waals surface area contributed by atoms with Gasteiger partial charge in [0.2, 0.25) is 11.8 Å². The van der Waals surface area contributed by atoms with Gasteiger partial charge in [0.25, 0.3) is 0 Å². The monoisotopic (exact) mass is 422 g/mol. The molecule has 0 spiro atoms. The number of aromatic nitrogens is 2. The number of carbonyl (C=O) groups is 2. The second-order valence-corrected chi connectivity index (χ2v) is 8.12. The van der Waals surface area contributed by atoms with Crippen LogP contribution in [0.1, 0.15) is 28.1 Å². The van der Waals surface area contributed by atoms with Crippen LogP contribution in [0.5, 0.6) is 0 Å². The van der Waals surface area contributed by atoms with Crippen molar-refractivity contribution in [2.24, 2.45) is 0 Å². The van der Waals surface area contributed by atoms with Gasteiger partial charge < -0.3 is 15.6 Å². The van der Waals surface area contributed by atoms with E-state index in [1.54, 1.807) is 0 Å². The highest BCUT2D eigenvalue weighted by atomic mass is 32.2. The minimum absolute atomic E-state index is 0.0659. The maximum Gasteiger partial charge on any atom is 0.243 e. The van der Waals surface area contributed by atoms with Gasteiger partial charge in [0.1, 0.15) is 0 Å². The smallest absolute Gasteiger partial charge is 0.243 e. The fourth-order valence-electron chi connectivity index (χ4n) is 3.06. The summed E-state index contributed by atoms with van der Waals surface area (Å²) >= 11 is 1.32. The molecule has 0 bridgehead atoms. The van der Waals surface area contributed by atoms with Crippen LogP contribution >= 0.6 is 11.8 Å². The van der Waals surface area contributed by atoms with Crippen LogP contribution in [0.2, 0.25) is 0 Å². The van der Waals surface area contributed by atoms with Gasteiger partial charge in [-0.05, 0) is 37.5 Å². The van der Waals surface area contributed by atoms with E-state index < -0.39 is 0 Å². The predicted octanol–water partition coefficient (Wildman–Crippen LogP) is 3.77. The number of thioether (sulfide) groups is 1. The Morgan fingerprint density at radius 1 is 0.967 bits per heavy atom. The molecule has 1 aromatic heterocycles. The summed E-state index contributed by atoms with van der Waals surface area (Å²) in [4.78, 5) is 32.1. The minimum Gasteiger partial charge on any atom is -0.346 e. The lowest BCUT2D eigenvalue weighted by atomic mass is 10.1. The third-order valence-corrected chi connectivity index (χ3v) is 5.58. The molecule has 0 fully saturated rings. The average molecular weight is 423 g/mol. The first-order valence-corrected chi connectivity index (χ1v) is 10.8. The molecule has 0 aliphatic rings. The molecule has 0 saturated heterocycles. The van der Waals surface area contributed by atoms with Gasteiger partial charge in [0, 0.05) is 17.8 Å². The molecule has 0 radical (unpaired) electrons. The largest absolute Gasteiger partial charge is 0.346 e. The van der Waals surface area contributed by atoms with Gasteiger partial charge in [-0.2, -0.15) is 0 Å². The average Bonchev–Trinajstić information content (AvgIpc) is 3.08. The zero-order valence-corrected chi connectivity index (χ0v) is 18.2. The Bertz CT molecular complexity index is 1010. The van der Waals surface area contributed by atoms with E-state index in [0.29, 0.717) is 5.16 Å². The van der Waals surface area contributed by atoms with E-state index in [9.17, 15) is 9.59 Å². The zero-order chi connectivity index (χ0) is 21.5. The topological polar surface area (TPSA) is 86.9 Å². The van der Waals surface area contributed by atoms with Gasteiger partial charge in [-0.15, -0.1) is 0 Å². The number of anilines is 1. The number of H-pyrrole nitrogens is 1. The van der Waals surface area contributed by atoms with Crippen molar-refractivity contribution in [3.05, 3.63) is 76.6 Å². The highest BCUT2D eigenvalue weighted by Crippen LogP contribution is 2.20. The van der Waals surface area contributed by atoms with Gasteiger partial charge in [-0.3, -0.25) is 9.59 Å². The van der Waals surface area contributed by atoms with E-state index in [0.717, 1.165) is 34.6 Å². The number of imidazole rings is 1. The third kappa shape index (κ3) is 5.97. The lowest BCUT2D eigenvalue weighted by Crippen LogP contribution is -2.34. The summed E-state index contributed by atoms with van der Waals surface area (Å²) in [5.74, 6) is -0.269. The number of aryl methyl sites for hydroxylation is 3. The Balaban J connectivity index is 1.46. The molecule has 0 unspecified atom stereocenters. The zero-order valence-electron chi connectivity index (χ0n) is 17.4. The number of nitrogens with one attached hydrogen (secondary N) is 3. The molecule has 3 N–H and O–H groups in total. The molecule has 1 heterocycles. The van der Waals surface area contributed by atoms with Gasteiger partial charge in [-0.25, -0.2) is 4.98 Å². The maximum atomic E-state index is 12.2. The number of aromatic amines is 1. The van der Waals surface area contributed by atoms with Crippen molar-refractivity contribution >= 4 is 29.3 Å². The van der Waals surface area contributed by atoms with Crippen LogP contribution in [0.15, 0.2) is 53.7 Å². The Labute approximate surface area is 180 Å². The summed E-state index contributed by atoms with van der Waals surface area (Å²) in [6, 6.07) is 16.0. The normalized spacial score (nSPS) is 10.6. The third-order valence-electron chi connectivity index (χ3n) is 4.71. The number of hydrogen-bond donors (Lipinski definition) is 3. The number of hydrogen-bond acceptors (Lipinski definition) is 4. The van der Waals surface area contributed by atoms with Crippen LogP contribution in [0.3, 0.4) is 0 Å². The van der Waals surface area contributed by atoms with Crippen LogP contribution in [0.25, 0.3) is 0 Å². The number of para-hydroxylation sites is 1. The van der Waals surface area contributed by atoms with Gasteiger partial charge >= 0.3 is 0 Å². The van der Waals surface area contributed by atoms with Crippen molar-refractivity contribution < 1.29 is 9.59 Å². The lowest BCUT2D eigenvalue weighted by Gasteiger charge is -2.11. The Hall–Kier alpha value is -3.06. The first-order chi connectivity index (χ1) is 14.4. The van der Waals surface area contributed by atoms with Crippen LogP contribution in [-0.2, 0) is 16.0 Å². The van der Waals surface area contributed by atoms with Crippen molar-refractivity contribution in [3.63, 3.8) is 0 Å². The van der Waals surface area contributed by atoms with E-state index >= 15 is 0 Å². The summed E-state index contributed by atoms with van der Waals surface area (Å²) in [7, 11) is 0. The van der Waals surface area contributed by atoms with Gasteiger partial charge in [-0.1, -0.05) is 60.3 Å². The molecule has 156 valence electrons. The molecule has 0 atom stereocenters. The fraction of sp³-hybridized carbons (Fsp3) is 0.261. The molecule has 6 nitrogen and oxygen atoms in total. The van der Waals surface area contributed by atoms with E-state index in [-0.39, 0.29) is 24.1 Å². The molecule has 30 heavy (non-hydrogen) atoms. The Morgan fingerprint density at radius 3 is 2.37 bits per heavy atom. The van der Waals surface area contributed by atoms with E-state index in [2.05, 4.69) is 32.7 Å². The number of carbonyl (C=O) groups excluding carboxylic acids is 2. The fourth-order valence-corrected chi connectivity index (χ4v) is 3.83. The Kier molecular flexibility index (Phi) is 7.30. The molecule has 3 aromatic rings.